The van der Waals surface area contributed by atoms with Crippen molar-refractivity contribution in [3.63, 3.8) is 0 Å². The molecule has 0 radical (unpaired) electrons. The van der Waals surface area contributed by atoms with Crippen LogP contribution in [0.4, 0.5) is 0 Å². The van der Waals surface area contributed by atoms with Crippen LogP contribution >= 0.6 is 0 Å². The monoisotopic (exact) mass is 327 g/mol. The molecule has 0 N–H and O–H groups in total. The second kappa shape index (κ2) is 6.61. The van der Waals surface area contributed by atoms with Gasteiger partial charge in [0.25, 0.3) is 0 Å². The molecule has 5 nitrogen and oxygen atoms in total. The lowest BCUT2D eigenvalue weighted by Gasteiger charge is -2.41. The van der Waals surface area contributed by atoms with Gasteiger partial charge in [0, 0.05) is 25.7 Å². The number of ether oxygens (including phenoxy) is 4. The standard InChI is InChI=1S/C19H21NO4/c1-21-14-5-4-6-15(9-14)23-16-10-20(11-16)12-17-13-22-18-7-2-3-8-19(18)24-17/h2-9,16-17H,10-13H2,1H3. The van der Waals surface area contributed by atoms with Crippen molar-refractivity contribution in [3.8, 4) is 23.0 Å². The summed E-state index contributed by atoms with van der Waals surface area (Å²) in [7, 11) is 1.66. The Kier molecular flexibility index (Phi) is 4.17. The summed E-state index contributed by atoms with van der Waals surface area (Å²) < 4.78 is 22.9. The topological polar surface area (TPSA) is 40.2 Å². The molecule has 0 aromatic heterocycles. The molecular weight excluding hydrogens is 306 g/mol. The molecule has 24 heavy (non-hydrogen) atoms. The molecule has 2 aromatic carbocycles. The minimum Gasteiger partial charge on any atom is -0.497 e. The molecule has 5 heteroatoms. The first-order chi connectivity index (χ1) is 11.8. The minimum atomic E-state index is 0.0673. The number of nitrogens with zero attached hydrogens (tertiary/aromatic N) is 1. The average molecular weight is 327 g/mol. The third-order valence-electron chi connectivity index (χ3n) is 4.30. The normalized spacial score (nSPS) is 20.3. The van der Waals surface area contributed by atoms with Gasteiger partial charge in [0.15, 0.2) is 11.5 Å². The summed E-state index contributed by atoms with van der Waals surface area (Å²) in [6.45, 7) is 3.25. The smallest absolute Gasteiger partial charge is 0.161 e. The fraction of sp³-hybridized carbons (Fsp3) is 0.368. The van der Waals surface area contributed by atoms with Gasteiger partial charge in [0.05, 0.1) is 7.11 Å². The van der Waals surface area contributed by atoms with E-state index < -0.39 is 0 Å². The Morgan fingerprint density at radius 1 is 1.04 bits per heavy atom. The number of benzene rings is 2. The fourth-order valence-electron chi connectivity index (χ4n) is 3.05. The van der Waals surface area contributed by atoms with Crippen molar-refractivity contribution in [2.24, 2.45) is 0 Å². The highest BCUT2D eigenvalue weighted by atomic mass is 16.6. The predicted octanol–water partition coefficient (Wildman–Crippen LogP) is 2.60. The summed E-state index contributed by atoms with van der Waals surface area (Å²) >= 11 is 0. The van der Waals surface area contributed by atoms with Crippen molar-refractivity contribution in [1.82, 2.24) is 4.90 Å². The van der Waals surface area contributed by atoms with E-state index in [-0.39, 0.29) is 12.2 Å². The summed E-state index contributed by atoms with van der Waals surface area (Å²) in [4.78, 5) is 2.33. The Morgan fingerprint density at radius 2 is 1.83 bits per heavy atom. The van der Waals surface area contributed by atoms with E-state index in [0.717, 1.165) is 42.6 Å². The number of fused-ring (bicyclic) bond motifs is 1. The second-order valence-electron chi connectivity index (χ2n) is 6.13. The van der Waals surface area contributed by atoms with Crippen LogP contribution in [-0.4, -0.2) is 50.5 Å². The quantitative estimate of drug-likeness (QED) is 0.844. The number of para-hydroxylation sites is 2. The first-order valence-corrected chi connectivity index (χ1v) is 8.22. The van der Waals surface area contributed by atoms with Crippen LogP contribution in [0.1, 0.15) is 0 Å². The van der Waals surface area contributed by atoms with Crippen LogP contribution in [0.2, 0.25) is 0 Å². The first-order valence-electron chi connectivity index (χ1n) is 8.22. The average Bonchev–Trinajstić information content (AvgIpc) is 2.60. The molecule has 0 saturated carbocycles. The third-order valence-corrected chi connectivity index (χ3v) is 4.30. The molecule has 0 bridgehead atoms. The highest BCUT2D eigenvalue weighted by Gasteiger charge is 2.32. The van der Waals surface area contributed by atoms with Crippen LogP contribution in [0.15, 0.2) is 48.5 Å². The Hall–Kier alpha value is -2.40. The summed E-state index contributed by atoms with van der Waals surface area (Å²) in [5.74, 6) is 3.33. The van der Waals surface area contributed by atoms with E-state index in [0.29, 0.717) is 6.61 Å². The largest absolute Gasteiger partial charge is 0.497 e. The molecule has 126 valence electrons. The molecular formula is C19H21NO4. The van der Waals surface area contributed by atoms with Crippen molar-refractivity contribution in [1.29, 1.82) is 0 Å². The Bertz CT molecular complexity index is 699. The van der Waals surface area contributed by atoms with Crippen molar-refractivity contribution in [2.45, 2.75) is 12.2 Å². The number of hydrogen-bond donors (Lipinski definition) is 0. The maximum atomic E-state index is 6.00. The van der Waals surface area contributed by atoms with E-state index >= 15 is 0 Å². The fourth-order valence-corrected chi connectivity index (χ4v) is 3.05. The minimum absolute atomic E-state index is 0.0673. The van der Waals surface area contributed by atoms with Crippen LogP contribution in [0.3, 0.4) is 0 Å². The van der Waals surface area contributed by atoms with Gasteiger partial charge in [-0.2, -0.15) is 0 Å². The molecule has 1 unspecified atom stereocenters. The molecule has 2 heterocycles. The Morgan fingerprint density at radius 3 is 2.67 bits per heavy atom. The van der Waals surface area contributed by atoms with Gasteiger partial charge in [0.1, 0.15) is 30.3 Å². The van der Waals surface area contributed by atoms with Gasteiger partial charge in [-0.05, 0) is 24.3 Å². The summed E-state index contributed by atoms with van der Waals surface area (Å²) in [6, 6.07) is 15.5. The number of rotatable bonds is 5. The van der Waals surface area contributed by atoms with Gasteiger partial charge in [0.2, 0.25) is 0 Å². The zero-order valence-corrected chi connectivity index (χ0v) is 13.7. The molecule has 0 spiro atoms. The van der Waals surface area contributed by atoms with E-state index in [1.807, 2.05) is 48.5 Å². The van der Waals surface area contributed by atoms with Crippen molar-refractivity contribution < 1.29 is 18.9 Å². The van der Waals surface area contributed by atoms with Crippen LogP contribution < -0.4 is 18.9 Å². The first kappa shape index (κ1) is 15.1. The molecule has 2 aromatic rings. The summed E-state index contributed by atoms with van der Waals surface area (Å²) in [6.07, 6.45) is 0.284. The molecule has 0 aliphatic carbocycles. The van der Waals surface area contributed by atoms with Crippen molar-refractivity contribution in [3.05, 3.63) is 48.5 Å². The van der Waals surface area contributed by atoms with E-state index in [9.17, 15) is 0 Å². The van der Waals surface area contributed by atoms with Crippen molar-refractivity contribution in [2.75, 3.05) is 33.4 Å². The van der Waals surface area contributed by atoms with Crippen LogP contribution in [-0.2, 0) is 0 Å². The SMILES string of the molecule is COc1cccc(OC2CN(CC3COc4ccccc4O3)C2)c1. The maximum Gasteiger partial charge on any atom is 0.161 e. The van der Waals surface area contributed by atoms with Gasteiger partial charge in [-0.3, -0.25) is 4.90 Å². The van der Waals surface area contributed by atoms with E-state index in [4.69, 9.17) is 18.9 Å². The zero-order chi connectivity index (χ0) is 16.4. The number of likely N-dealkylation sites (tertiary alicyclic amines) is 1. The second-order valence-corrected chi connectivity index (χ2v) is 6.13. The lowest BCUT2D eigenvalue weighted by molar-refractivity contribution is -0.0183. The highest BCUT2D eigenvalue weighted by molar-refractivity contribution is 5.40. The van der Waals surface area contributed by atoms with Crippen molar-refractivity contribution >= 4 is 0 Å². The molecule has 1 fully saturated rings. The number of methoxy groups -OCH3 is 1. The lowest BCUT2D eigenvalue weighted by Crippen LogP contribution is -2.57. The molecule has 1 atom stereocenters. The van der Waals surface area contributed by atoms with Gasteiger partial charge < -0.3 is 18.9 Å². The van der Waals surface area contributed by atoms with E-state index in [2.05, 4.69) is 4.90 Å². The zero-order valence-electron chi connectivity index (χ0n) is 13.7. The van der Waals surface area contributed by atoms with Crippen LogP contribution in [0.25, 0.3) is 0 Å². The summed E-state index contributed by atoms with van der Waals surface area (Å²) in [5, 5.41) is 0. The van der Waals surface area contributed by atoms with Gasteiger partial charge in [-0.15, -0.1) is 0 Å². The van der Waals surface area contributed by atoms with E-state index in [1.165, 1.54) is 0 Å². The van der Waals surface area contributed by atoms with Gasteiger partial charge >= 0.3 is 0 Å². The Balaban J connectivity index is 1.25. The lowest BCUT2D eigenvalue weighted by atomic mass is 10.1. The molecule has 2 aliphatic heterocycles. The van der Waals surface area contributed by atoms with Gasteiger partial charge in [-0.25, -0.2) is 0 Å². The Labute approximate surface area is 141 Å². The van der Waals surface area contributed by atoms with Gasteiger partial charge in [-0.1, -0.05) is 18.2 Å². The van der Waals surface area contributed by atoms with Crippen LogP contribution in [0, 0.1) is 0 Å². The molecule has 0 amide bonds. The maximum absolute atomic E-state index is 6.00. The van der Waals surface area contributed by atoms with Crippen LogP contribution in [0.5, 0.6) is 23.0 Å². The van der Waals surface area contributed by atoms with E-state index in [1.54, 1.807) is 7.11 Å². The highest BCUT2D eigenvalue weighted by Crippen LogP contribution is 2.31. The third kappa shape index (κ3) is 3.26. The predicted molar refractivity (Wildman–Crippen MR) is 90.2 cm³/mol. The molecule has 4 rings (SSSR count). The molecule has 1 saturated heterocycles. The number of hydrogen-bond acceptors (Lipinski definition) is 5. The molecule has 2 aliphatic rings. The summed E-state index contributed by atoms with van der Waals surface area (Å²) in [5.41, 5.74) is 0.